The summed E-state index contributed by atoms with van der Waals surface area (Å²) in [6.07, 6.45) is 0.477. The summed E-state index contributed by atoms with van der Waals surface area (Å²) >= 11 is 7.57. The molecule has 1 aromatic carbocycles. The molecule has 1 aliphatic heterocycles. The number of benzene rings is 1. The number of hydrogen-bond donors (Lipinski definition) is 1. The van der Waals surface area contributed by atoms with Gasteiger partial charge in [-0.15, -0.1) is 11.3 Å². The number of hydrogen-bond acceptors (Lipinski definition) is 3. The molecule has 5 heteroatoms. The molecule has 0 radical (unpaired) electrons. The van der Waals surface area contributed by atoms with Crippen molar-refractivity contribution < 1.29 is 4.79 Å². The largest absolute Gasteiger partial charge is 0.378 e. The predicted octanol–water partition coefficient (Wildman–Crippen LogP) is 3.94. The number of thiophene rings is 1. The summed E-state index contributed by atoms with van der Waals surface area (Å²) in [6, 6.07) is 10.1. The molecule has 0 saturated carbocycles. The van der Waals surface area contributed by atoms with Gasteiger partial charge in [-0.2, -0.15) is 0 Å². The number of halogens is 1. The predicted molar refractivity (Wildman–Crippen MR) is 85.2 cm³/mol. The summed E-state index contributed by atoms with van der Waals surface area (Å²) in [7, 11) is 3.98. The Morgan fingerprint density at radius 2 is 2.10 bits per heavy atom. The number of fused-ring (bicyclic) bond motifs is 1. The number of nitrogens with zero attached hydrogens (tertiary/aromatic N) is 1. The van der Waals surface area contributed by atoms with Gasteiger partial charge in [0, 0.05) is 42.7 Å². The van der Waals surface area contributed by atoms with E-state index in [2.05, 4.69) is 17.4 Å². The lowest BCUT2D eigenvalue weighted by Crippen LogP contribution is -2.23. The second kappa shape index (κ2) is 5.11. The van der Waals surface area contributed by atoms with Crippen LogP contribution in [0.5, 0.6) is 0 Å². The smallest absolute Gasteiger partial charge is 0.225 e. The van der Waals surface area contributed by atoms with E-state index >= 15 is 0 Å². The molecule has 1 amide bonds. The zero-order chi connectivity index (χ0) is 14.3. The van der Waals surface area contributed by atoms with E-state index in [1.807, 2.05) is 37.2 Å². The number of nitrogens with one attached hydrogen (secondary N) is 1. The summed E-state index contributed by atoms with van der Waals surface area (Å²) in [5, 5.41) is 2.97. The van der Waals surface area contributed by atoms with Crippen molar-refractivity contribution in [2.45, 2.75) is 12.3 Å². The molecule has 0 fully saturated rings. The molecule has 0 bridgehead atoms. The van der Waals surface area contributed by atoms with Gasteiger partial charge in [-0.05, 0) is 29.8 Å². The van der Waals surface area contributed by atoms with Crippen LogP contribution in [0.1, 0.15) is 22.8 Å². The van der Waals surface area contributed by atoms with E-state index in [0.29, 0.717) is 6.42 Å². The summed E-state index contributed by atoms with van der Waals surface area (Å²) in [5.41, 5.74) is 3.14. The second-order valence-corrected chi connectivity index (χ2v) is 6.86. The highest BCUT2D eigenvalue weighted by Gasteiger charge is 2.27. The Labute approximate surface area is 127 Å². The molecule has 0 aliphatic carbocycles. The van der Waals surface area contributed by atoms with Gasteiger partial charge in [0.1, 0.15) is 0 Å². The highest BCUT2D eigenvalue weighted by Crippen LogP contribution is 2.41. The van der Waals surface area contributed by atoms with Crippen molar-refractivity contribution in [3.8, 4) is 0 Å². The molecule has 2 aromatic rings. The van der Waals surface area contributed by atoms with Crippen LogP contribution < -0.4 is 10.2 Å². The Bertz CT molecular complexity index is 666. The molecule has 1 aliphatic rings. The van der Waals surface area contributed by atoms with E-state index in [9.17, 15) is 4.79 Å². The lowest BCUT2D eigenvalue weighted by atomic mass is 9.89. The minimum atomic E-state index is 0.0583. The molecular formula is C15H15ClN2OS. The van der Waals surface area contributed by atoms with E-state index < -0.39 is 0 Å². The third kappa shape index (κ3) is 2.41. The Morgan fingerprint density at radius 3 is 2.75 bits per heavy atom. The minimum absolute atomic E-state index is 0.0583. The van der Waals surface area contributed by atoms with Gasteiger partial charge in [0.15, 0.2) is 0 Å². The summed E-state index contributed by atoms with van der Waals surface area (Å²) in [4.78, 5) is 15.1. The monoisotopic (exact) mass is 306 g/mol. The van der Waals surface area contributed by atoms with Gasteiger partial charge >= 0.3 is 0 Å². The van der Waals surface area contributed by atoms with Crippen molar-refractivity contribution in [1.82, 2.24) is 0 Å². The number of anilines is 2. The van der Waals surface area contributed by atoms with E-state index in [1.165, 1.54) is 0 Å². The first-order valence-electron chi connectivity index (χ1n) is 6.41. The van der Waals surface area contributed by atoms with Crippen LogP contribution in [0.15, 0.2) is 30.3 Å². The van der Waals surface area contributed by atoms with Crippen molar-refractivity contribution >= 4 is 40.2 Å². The van der Waals surface area contributed by atoms with Gasteiger partial charge < -0.3 is 10.2 Å². The molecular weight excluding hydrogens is 292 g/mol. The van der Waals surface area contributed by atoms with Crippen LogP contribution in [0.4, 0.5) is 11.4 Å². The van der Waals surface area contributed by atoms with E-state index in [1.54, 1.807) is 11.3 Å². The summed E-state index contributed by atoms with van der Waals surface area (Å²) in [6.45, 7) is 0. The fourth-order valence-corrected chi connectivity index (χ4v) is 3.68. The lowest BCUT2D eigenvalue weighted by molar-refractivity contribution is -0.116. The quantitative estimate of drug-likeness (QED) is 0.911. The third-order valence-corrected chi connectivity index (χ3v) is 4.87. The van der Waals surface area contributed by atoms with Gasteiger partial charge in [-0.3, -0.25) is 4.79 Å². The maximum Gasteiger partial charge on any atom is 0.225 e. The summed E-state index contributed by atoms with van der Waals surface area (Å²) in [5.74, 6) is 0.162. The number of carbonyl (C=O) groups is 1. The van der Waals surface area contributed by atoms with Crippen molar-refractivity contribution in [2.75, 3.05) is 24.3 Å². The molecule has 3 rings (SSSR count). The first-order valence-corrected chi connectivity index (χ1v) is 7.60. The Hall–Kier alpha value is -1.52. The Kier molecular flexibility index (Phi) is 3.44. The highest BCUT2D eigenvalue weighted by molar-refractivity contribution is 7.16. The molecule has 2 heterocycles. The van der Waals surface area contributed by atoms with Crippen LogP contribution in [-0.2, 0) is 4.79 Å². The topological polar surface area (TPSA) is 32.3 Å². The molecule has 3 nitrogen and oxygen atoms in total. The van der Waals surface area contributed by atoms with E-state index in [-0.39, 0.29) is 11.8 Å². The fraction of sp³-hybridized carbons (Fsp3) is 0.267. The maximum absolute atomic E-state index is 11.9. The zero-order valence-electron chi connectivity index (χ0n) is 11.3. The Balaban J connectivity index is 2.06. The van der Waals surface area contributed by atoms with Crippen molar-refractivity contribution in [1.29, 1.82) is 0 Å². The van der Waals surface area contributed by atoms with Crippen molar-refractivity contribution in [2.24, 2.45) is 0 Å². The highest BCUT2D eigenvalue weighted by atomic mass is 35.5. The molecule has 104 valence electrons. The normalized spacial score (nSPS) is 17.6. The molecule has 0 saturated heterocycles. The average Bonchev–Trinajstić information content (AvgIpc) is 2.83. The standard InChI is InChI=1S/C15H15ClN2OS/c1-18(2)9-3-4-10-11(13-5-6-14(16)20-13)8-15(19)17-12(10)7-9/h3-7,11H,8H2,1-2H3,(H,17,19)/t11-/m0/s1. The van der Waals surface area contributed by atoms with Crippen LogP contribution in [0, 0.1) is 0 Å². The van der Waals surface area contributed by atoms with Crippen LogP contribution in [0.3, 0.4) is 0 Å². The average molecular weight is 307 g/mol. The lowest BCUT2D eigenvalue weighted by Gasteiger charge is -2.26. The number of carbonyl (C=O) groups excluding carboxylic acids is 1. The molecule has 20 heavy (non-hydrogen) atoms. The maximum atomic E-state index is 11.9. The molecule has 1 aromatic heterocycles. The van der Waals surface area contributed by atoms with Gasteiger partial charge in [-0.1, -0.05) is 17.7 Å². The molecule has 1 atom stereocenters. The first-order chi connectivity index (χ1) is 9.54. The number of amides is 1. The van der Waals surface area contributed by atoms with Crippen LogP contribution in [-0.4, -0.2) is 20.0 Å². The van der Waals surface area contributed by atoms with Gasteiger partial charge in [0.25, 0.3) is 0 Å². The van der Waals surface area contributed by atoms with Crippen molar-refractivity contribution in [3.05, 3.63) is 45.1 Å². The van der Waals surface area contributed by atoms with Crippen LogP contribution in [0.2, 0.25) is 4.34 Å². The SMILES string of the molecule is CN(C)c1ccc2c(c1)NC(=O)C[C@@H]2c1ccc(Cl)s1. The number of rotatable bonds is 2. The minimum Gasteiger partial charge on any atom is -0.378 e. The van der Waals surface area contributed by atoms with Gasteiger partial charge in [-0.25, -0.2) is 0 Å². The van der Waals surface area contributed by atoms with Crippen LogP contribution >= 0.6 is 22.9 Å². The Morgan fingerprint density at radius 1 is 1.30 bits per heavy atom. The van der Waals surface area contributed by atoms with E-state index in [4.69, 9.17) is 11.6 Å². The van der Waals surface area contributed by atoms with E-state index in [0.717, 1.165) is 26.2 Å². The molecule has 0 unspecified atom stereocenters. The van der Waals surface area contributed by atoms with Gasteiger partial charge in [0.2, 0.25) is 5.91 Å². The van der Waals surface area contributed by atoms with Crippen molar-refractivity contribution in [3.63, 3.8) is 0 Å². The van der Waals surface area contributed by atoms with Crippen LogP contribution in [0.25, 0.3) is 0 Å². The van der Waals surface area contributed by atoms with Gasteiger partial charge in [0.05, 0.1) is 4.34 Å². The fourth-order valence-electron chi connectivity index (χ4n) is 2.50. The third-order valence-electron chi connectivity index (χ3n) is 3.53. The zero-order valence-corrected chi connectivity index (χ0v) is 12.9. The summed E-state index contributed by atoms with van der Waals surface area (Å²) < 4.78 is 0.762. The second-order valence-electron chi connectivity index (χ2n) is 5.11. The first kappa shape index (κ1) is 13.5. The molecule has 1 N–H and O–H groups in total. The molecule has 0 spiro atoms.